The highest BCUT2D eigenvalue weighted by atomic mass is 16.3. The van der Waals surface area contributed by atoms with E-state index in [0.717, 1.165) is 5.56 Å². The van der Waals surface area contributed by atoms with E-state index < -0.39 is 12.2 Å². The van der Waals surface area contributed by atoms with E-state index in [1.54, 1.807) is 12.3 Å². The van der Waals surface area contributed by atoms with Gasteiger partial charge in [0.05, 0.1) is 5.69 Å². The molecule has 0 saturated heterocycles. The number of hydrogen-bond donors (Lipinski definition) is 2. The molecule has 0 amide bonds. The minimum atomic E-state index is -0.923. The Morgan fingerprint density at radius 3 is 3.00 bits per heavy atom. The second-order valence-electron chi connectivity index (χ2n) is 2.66. The van der Waals surface area contributed by atoms with E-state index in [-0.39, 0.29) is 0 Å². The Hall–Kier alpha value is -1.26. The predicted molar refractivity (Wildman–Crippen MR) is 42.0 cm³/mol. The molecule has 0 fully saturated rings. The summed E-state index contributed by atoms with van der Waals surface area (Å²) in [6.45, 7) is 0. The zero-order chi connectivity index (χ0) is 8.55. The molecule has 0 radical (unpaired) electrons. The molecule has 4 nitrogen and oxygen atoms in total. The van der Waals surface area contributed by atoms with E-state index in [0.29, 0.717) is 5.69 Å². The Morgan fingerprint density at radius 1 is 1.33 bits per heavy atom. The lowest BCUT2D eigenvalue weighted by Gasteiger charge is -2.19. The summed E-state index contributed by atoms with van der Waals surface area (Å²) in [6, 6.07) is 0. The fourth-order valence-corrected chi connectivity index (χ4v) is 1.19. The Balaban J connectivity index is 2.52. The normalized spacial score (nSPS) is 26.8. The zero-order valence-electron chi connectivity index (χ0n) is 6.25. The van der Waals surface area contributed by atoms with E-state index in [1.807, 2.05) is 0 Å². The van der Waals surface area contributed by atoms with E-state index >= 15 is 0 Å². The van der Waals surface area contributed by atoms with Crippen LogP contribution in [0.4, 0.5) is 0 Å². The van der Waals surface area contributed by atoms with Gasteiger partial charge in [-0.25, -0.2) is 9.97 Å². The second-order valence-corrected chi connectivity index (χ2v) is 2.66. The van der Waals surface area contributed by atoms with Crippen molar-refractivity contribution in [3.05, 3.63) is 29.9 Å². The van der Waals surface area contributed by atoms with Crippen LogP contribution in [0.2, 0.25) is 0 Å². The average Bonchev–Trinajstić information content (AvgIpc) is 2.12. The fraction of sp³-hybridized carbons (Fsp3) is 0.250. The van der Waals surface area contributed by atoms with E-state index in [4.69, 9.17) is 0 Å². The van der Waals surface area contributed by atoms with Gasteiger partial charge in [0.1, 0.15) is 18.5 Å². The van der Waals surface area contributed by atoms with Gasteiger partial charge in [-0.15, -0.1) is 0 Å². The molecule has 1 aromatic rings. The molecular weight excluding hydrogens is 156 g/mol. The Bertz CT molecular complexity index is 325. The summed E-state index contributed by atoms with van der Waals surface area (Å²) in [4.78, 5) is 7.68. The van der Waals surface area contributed by atoms with Crippen molar-refractivity contribution in [2.75, 3.05) is 0 Å². The van der Waals surface area contributed by atoms with Crippen LogP contribution in [0.1, 0.15) is 17.4 Å². The van der Waals surface area contributed by atoms with Crippen molar-refractivity contribution in [3.8, 4) is 0 Å². The Kier molecular flexibility index (Phi) is 1.64. The molecule has 0 unspecified atom stereocenters. The van der Waals surface area contributed by atoms with Crippen LogP contribution in [0, 0.1) is 0 Å². The van der Waals surface area contributed by atoms with Crippen LogP contribution in [-0.4, -0.2) is 26.3 Å². The maximum absolute atomic E-state index is 9.44. The molecule has 62 valence electrons. The highest BCUT2D eigenvalue weighted by Crippen LogP contribution is 2.24. The number of fused-ring (bicyclic) bond motifs is 1. The highest BCUT2D eigenvalue weighted by Gasteiger charge is 2.23. The number of hydrogen-bond acceptors (Lipinski definition) is 4. The number of rotatable bonds is 0. The van der Waals surface area contributed by atoms with Crippen LogP contribution < -0.4 is 0 Å². The van der Waals surface area contributed by atoms with E-state index in [9.17, 15) is 10.2 Å². The molecule has 1 aliphatic rings. The molecule has 1 aliphatic carbocycles. The van der Waals surface area contributed by atoms with Crippen molar-refractivity contribution in [3.63, 3.8) is 0 Å². The molecule has 1 aromatic heterocycles. The Labute approximate surface area is 69.2 Å². The molecule has 0 aromatic carbocycles. The molecule has 0 aliphatic heterocycles. The van der Waals surface area contributed by atoms with Crippen molar-refractivity contribution in [1.29, 1.82) is 0 Å². The molecule has 2 N–H and O–H groups in total. The molecule has 4 heteroatoms. The first-order chi connectivity index (χ1) is 5.79. The van der Waals surface area contributed by atoms with Gasteiger partial charge in [0.2, 0.25) is 0 Å². The van der Waals surface area contributed by atoms with Crippen molar-refractivity contribution < 1.29 is 10.2 Å². The van der Waals surface area contributed by atoms with Crippen molar-refractivity contribution in [1.82, 2.24) is 9.97 Å². The number of aliphatic hydroxyl groups is 2. The lowest BCUT2D eigenvalue weighted by atomic mass is 9.99. The molecule has 0 saturated carbocycles. The third-order valence-electron chi connectivity index (χ3n) is 1.85. The third-order valence-corrected chi connectivity index (χ3v) is 1.85. The van der Waals surface area contributed by atoms with Crippen molar-refractivity contribution in [2.24, 2.45) is 0 Å². The second kappa shape index (κ2) is 2.66. The van der Waals surface area contributed by atoms with Crippen molar-refractivity contribution >= 4 is 6.08 Å². The van der Waals surface area contributed by atoms with Gasteiger partial charge in [-0.2, -0.15) is 0 Å². The first-order valence-corrected chi connectivity index (χ1v) is 3.63. The number of aromatic nitrogens is 2. The average molecular weight is 164 g/mol. The summed E-state index contributed by atoms with van der Waals surface area (Å²) in [7, 11) is 0. The maximum Gasteiger partial charge on any atom is 0.126 e. The first-order valence-electron chi connectivity index (χ1n) is 3.63. The van der Waals surface area contributed by atoms with Gasteiger partial charge in [0.25, 0.3) is 0 Å². The van der Waals surface area contributed by atoms with Gasteiger partial charge in [0, 0.05) is 11.8 Å². The largest absolute Gasteiger partial charge is 0.386 e. The predicted octanol–water partition coefficient (Wildman–Crippen LogP) is -0.102. The molecule has 1 heterocycles. The Morgan fingerprint density at radius 2 is 2.17 bits per heavy atom. The topological polar surface area (TPSA) is 66.2 Å². The first kappa shape index (κ1) is 7.39. The number of aliphatic hydroxyl groups excluding tert-OH is 2. The fourth-order valence-electron chi connectivity index (χ4n) is 1.19. The van der Waals surface area contributed by atoms with E-state index in [1.165, 1.54) is 12.4 Å². The number of nitrogens with zero attached hydrogens (tertiary/aromatic N) is 2. The lowest BCUT2D eigenvalue weighted by Crippen LogP contribution is -2.20. The van der Waals surface area contributed by atoms with Crippen LogP contribution >= 0.6 is 0 Å². The standard InChI is InChI=1S/C8H8N2O2/c11-6-2-1-5-3-9-4-10-7(5)8(6)12/h1-4,6,8,11-12H/t6-,8-/m0/s1. The quantitative estimate of drug-likeness (QED) is 0.561. The summed E-state index contributed by atoms with van der Waals surface area (Å²) in [5.41, 5.74) is 1.25. The molecule has 0 bridgehead atoms. The SMILES string of the molecule is O[C@@H]1c2ncncc2C=C[C@@H]1O. The van der Waals surface area contributed by atoms with Crippen LogP contribution in [0.25, 0.3) is 6.08 Å². The molecule has 0 spiro atoms. The summed E-state index contributed by atoms with van der Waals surface area (Å²) < 4.78 is 0. The molecule has 2 atom stereocenters. The minimum absolute atomic E-state index is 0.486. The van der Waals surface area contributed by atoms with Gasteiger partial charge in [0.15, 0.2) is 0 Å². The molecule has 12 heavy (non-hydrogen) atoms. The van der Waals surface area contributed by atoms with Gasteiger partial charge >= 0.3 is 0 Å². The maximum atomic E-state index is 9.44. The van der Waals surface area contributed by atoms with Crippen LogP contribution in [0.3, 0.4) is 0 Å². The smallest absolute Gasteiger partial charge is 0.126 e. The van der Waals surface area contributed by atoms with Gasteiger partial charge in [-0.1, -0.05) is 12.2 Å². The molecule has 2 rings (SSSR count). The summed E-state index contributed by atoms with van der Waals surface area (Å²) in [6.07, 6.45) is 4.41. The van der Waals surface area contributed by atoms with Gasteiger partial charge in [-0.05, 0) is 0 Å². The van der Waals surface area contributed by atoms with E-state index in [2.05, 4.69) is 9.97 Å². The lowest BCUT2D eigenvalue weighted by molar-refractivity contribution is 0.0439. The van der Waals surface area contributed by atoms with Gasteiger partial charge in [-0.3, -0.25) is 0 Å². The van der Waals surface area contributed by atoms with Crippen molar-refractivity contribution in [2.45, 2.75) is 12.2 Å². The highest BCUT2D eigenvalue weighted by molar-refractivity contribution is 5.54. The summed E-state index contributed by atoms with van der Waals surface area (Å²) in [5.74, 6) is 0. The summed E-state index contributed by atoms with van der Waals surface area (Å²) >= 11 is 0. The zero-order valence-corrected chi connectivity index (χ0v) is 6.25. The van der Waals surface area contributed by atoms with Crippen LogP contribution in [0.15, 0.2) is 18.6 Å². The van der Waals surface area contributed by atoms with Gasteiger partial charge < -0.3 is 10.2 Å². The minimum Gasteiger partial charge on any atom is -0.386 e. The molecular formula is C8H8N2O2. The van der Waals surface area contributed by atoms with Crippen LogP contribution in [0.5, 0.6) is 0 Å². The third kappa shape index (κ3) is 1.01. The summed E-state index contributed by atoms with van der Waals surface area (Å²) in [5, 5.41) is 18.7. The monoisotopic (exact) mass is 164 g/mol. The van der Waals surface area contributed by atoms with Crippen LogP contribution in [-0.2, 0) is 0 Å².